The second kappa shape index (κ2) is 9.75. The van der Waals surface area contributed by atoms with Gasteiger partial charge in [-0.15, -0.1) is 0 Å². The number of rotatable bonds is 5. The van der Waals surface area contributed by atoms with Gasteiger partial charge in [0.2, 0.25) is 0 Å². The van der Waals surface area contributed by atoms with E-state index in [1.807, 2.05) is 13.8 Å². The number of carbonyl (C=O) groups is 2. The fraction of sp³-hybridized carbons (Fsp3) is 0.926. The molecule has 6 nitrogen and oxygen atoms in total. The number of hydrogen-bond donors (Lipinski definition) is 2. The summed E-state index contributed by atoms with van der Waals surface area (Å²) in [6, 6.07) is 0. The van der Waals surface area contributed by atoms with Crippen LogP contribution in [0.4, 0.5) is 13.2 Å². The van der Waals surface area contributed by atoms with Crippen LogP contribution in [-0.2, 0) is 19.1 Å². The summed E-state index contributed by atoms with van der Waals surface area (Å²) in [7, 11) is 1.33. The minimum atomic E-state index is -5.08. The molecule has 4 aliphatic carbocycles. The highest BCUT2D eigenvalue weighted by Gasteiger charge is 2.67. The fourth-order valence-corrected chi connectivity index (χ4v) is 9.12. The summed E-state index contributed by atoms with van der Waals surface area (Å²) in [6.45, 7) is 6.11. The monoisotopic (exact) mass is 518 g/mol. The number of aliphatic hydroxyl groups excluding tert-OH is 2. The lowest BCUT2D eigenvalue weighted by atomic mass is 9.43. The second-order valence-electron chi connectivity index (χ2n) is 12.5. The van der Waals surface area contributed by atoms with Gasteiger partial charge in [0, 0.05) is 11.8 Å². The minimum Gasteiger partial charge on any atom is -0.469 e. The van der Waals surface area contributed by atoms with Gasteiger partial charge >= 0.3 is 18.1 Å². The zero-order valence-electron chi connectivity index (χ0n) is 21.7. The van der Waals surface area contributed by atoms with Gasteiger partial charge < -0.3 is 19.7 Å². The fourth-order valence-electron chi connectivity index (χ4n) is 9.12. The van der Waals surface area contributed by atoms with Crippen molar-refractivity contribution in [2.24, 2.45) is 46.3 Å². The highest BCUT2D eigenvalue weighted by atomic mass is 19.4. The van der Waals surface area contributed by atoms with Gasteiger partial charge in [-0.25, -0.2) is 4.79 Å². The molecule has 9 heteroatoms. The Morgan fingerprint density at radius 1 is 1.06 bits per heavy atom. The van der Waals surface area contributed by atoms with Gasteiger partial charge in [-0.3, -0.25) is 4.79 Å². The van der Waals surface area contributed by atoms with E-state index in [1.165, 1.54) is 7.11 Å². The van der Waals surface area contributed by atoms with E-state index in [0.717, 1.165) is 19.3 Å². The summed E-state index contributed by atoms with van der Waals surface area (Å²) >= 11 is 0. The summed E-state index contributed by atoms with van der Waals surface area (Å²) in [5, 5.41) is 21.7. The molecule has 4 rings (SSSR count). The third-order valence-corrected chi connectivity index (χ3v) is 11.0. The van der Waals surface area contributed by atoms with E-state index in [1.54, 1.807) is 0 Å². The second-order valence-corrected chi connectivity index (χ2v) is 12.5. The molecule has 0 saturated heterocycles. The van der Waals surface area contributed by atoms with E-state index in [9.17, 15) is 33.0 Å². The molecule has 4 aliphatic rings. The van der Waals surface area contributed by atoms with E-state index >= 15 is 0 Å². The molecular weight excluding hydrogens is 477 g/mol. The average Bonchev–Trinajstić information content (AvgIpc) is 3.16. The molecule has 36 heavy (non-hydrogen) atoms. The lowest BCUT2D eigenvalue weighted by Gasteiger charge is -2.63. The standard InChI is InChI=1S/C27H41F3O6/c1-14(5-8-22(33)35-4)17-6-7-18-23-19(13-21(26(17,18)3)36-24(34)27(28,29)30)25(2)10-9-16(31)11-15(25)12-20(23)32/h14-21,23,31-32H,5-13H2,1-4H3/t14?,15-,16?,17?,18?,19?,20?,21?,23?,25?,26?/m1/s1. The molecule has 4 fully saturated rings. The average molecular weight is 519 g/mol. The summed E-state index contributed by atoms with van der Waals surface area (Å²) in [4.78, 5) is 23.9. The smallest absolute Gasteiger partial charge is 0.469 e. The number of ether oxygens (including phenoxy) is 2. The van der Waals surface area contributed by atoms with E-state index < -0.39 is 35.9 Å². The van der Waals surface area contributed by atoms with Crippen LogP contribution in [0, 0.1) is 46.3 Å². The normalized spacial score (nSPS) is 45.1. The Hall–Kier alpha value is -1.35. The molecule has 0 aromatic heterocycles. The summed E-state index contributed by atoms with van der Waals surface area (Å²) in [6.07, 6.45) is -1.98. The van der Waals surface area contributed by atoms with Gasteiger partial charge in [-0.1, -0.05) is 20.8 Å². The largest absolute Gasteiger partial charge is 0.490 e. The van der Waals surface area contributed by atoms with Gasteiger partial charge in [0.25, 0.3) is 0 Å². The van der Waals surface area contributed by atoms with E-state index in [4.69, 9.17) is 9.47 Å². The molecule has 4 saturated carbocycles. The van der Waals surface area contributed by atoms with Gasteiger partial charge in [0.1, 0.15) is 6.10 Å². The molecular formula is C27H41F3O6. The first-order valence-electron chi connectivity index (χ1n) is 13.4. The van der Waals surface area contributed by atoms with Crippen LogP contribution in [0.2, 0.25) is 0 Å². The zero-order valence-corrected chi connectivity index (χ0v) is 21.7. The zero-order chi connectivity index (χ0) is 26.6. The van der Waals surface area contributed by atoms with Crippen LogP contribution in [0.25, 0.3) is 0 Å². The van der Waals surface area contributed by atoms with Crippen LogP contribution in [-0.4, -0.2) is 53.7 Å². The Morgan fingerprint density at radius 3 is 2.39 bits per heavy atom. The SMILES string of the molecule is COC(=O)CCC(C)C1CCC2C3C(O)C[C@H]4CC(O)CCC4(C)C3CC(OC(=O)C(F)(F)F)C12C. The van der Waals surface area contributed by atoms with Crippen LogP contribution in [0.5, 0.6) is 0 Å². The number of aliphatic hydroxyl groups is 2. The molecule has 2 N–H and O–H groups in total. The summed E-state index contributed by atoms with van der Waals surface area (Å²) in [5.74, 6) is -2.72. The van der Waals surface area contributed by atoms with Crippen molar-refractivity contribution in [3.8, 4) is 0 Å². The van der Waals surface area contributed by atoms with Crippen molar-refractivity contribution in [3.63, 3.8) is 0 Å². The molecule has 0 spiro atoms. The Balaban J connectivity index is 1.69. The Bertz CT molecular complexity index is 848. The molecule has 0 aromatic rings. The Kier molecular flexibility index (Phi) is 7.50. The number of halogens is 3. The number of carbonyl (C=O) groups excluding carboxylic acids is 2. The van der Waals surface area contributed by atoms with Crippen molar-refractivity contribution in [2.45, 2.75) is 103 Å². The van der Waals surface area contributed by atoms with Crippen molar-refractivity contribution in [2.75, 3.05) is 7.11 Å². The van der Waals surface area contributed by atoms with Crippen molar-refractivity contribution >= 4 is 11.9 Å². The Morgan fingerprint density at radius 2 is 1.75 bits per heavy atom. The maximum absolute atomic E-state index is 13.4. The lowest BCUT2D eigenvalue weighted by Crippen LogP contribution is -2.63. The van der Waals surface area contributed by atoms with Crippen molar-refractivity contribution in [1.29, 1.82) is 0 Å². The molecule has 10 unspecified atom stereocenters. The third-order valence-electron chi connectivity index (χ3n) is 11.0. The van der Waals surface area contributed by atoms with Gasteiger partial charge in [-0.05, 0) is 92.3 Å². The molecule has 11 atom stereocenters. The predicted octanol–water partition coefficient (Wildman–Crippen LogP) is 4.65. The number of fused-ring (bicyclic) bond motifs is 5. The molecule has 0 amide bonds. The third kappa shape index (κ3) is 4.56. The molecule has 206 valence electrons. The first-order valence-corrected chi connectivity index (χ1v) is 13.4. The highest BCUT2D eigenvalue weighted by Crippen LogP contribution is 2.69. The lowest BCUT2D eigenvalue weighted by molar-refractivity contribution is -0.239. The van der Waals surface area contributed by atoms with Crippen molar-refractivity contribution in [1.82, 2.24) is 0 Å². The van der Waals surface area contributed by atoms with E-state index in [2.05, 4.69) is 6.92 Å². The van der Waals surface area contributed by atoms with Crippen molar-refractivity contribution < 1.29 is 42.4 Å². The number of esters is 2. The molecule has 0 bridgehead atoms. The van der Waals surface area contributed by atoms with Gasteiger partial charge in [0.05, 0.1) is 19.3 Å². The molecule has 0 aliphatic heterocycles. The van der Waals surface area contributed by atoms with E-state index in [-0.39, 0.29) is 59.7 Å². The number of methoxy groups -OCH3 is 1. The van der Waals surface area contributed by atoms with Gasteiger partial charge in [-0.2, -0.15) is 13.2 Å². The maximum Gasteiger partial charge on any atom is 0.490 e. The number of alkyl halides is 3. The van der Waals surface area contributed by atoms with E-state index in [0.29, 0.717) is 25.7 Å². The maximum atomic E-state index is 13.4. The Labute approximate surface area is 211 Å². The number of hydrogen-bond acceptors (Lipinski definition) is 6. The molecule has 0 aromatic carbocycles. The van der Waals surface area contributed by atoms with Crippen molar-refractivity contribution in [3.05, 3.63) is 0 Å². The van der Waals surface area contributed by atoms with Crippen LogP contribution in [0.1, 0.15) is 78.6 Å². The molecule has 0 radical (unpaired) electrons. The first-order chi connectivity index (χ1) is 16.7. The minimum absolute atomic E-state index is 0.0108. The summed E-state index contributed by atoms with van der Waals surface area (Å²) < 4.78 is 50.2. The first kappa shape index (κ1) is 27.7. The topological polar surface area (TPSA) is 93.1 Å². The van der Waals surface area contributed by atoms with Crippen LogP contribution >= 0.6 is 0 Å². The van der Waals surface area contributed by atoms with Crippen LogP contribution < -0.4 is 0 Å². The van der Waals surface area contributed by atoms with Crippen LogP contribution in [0.3, 0.4) is 0 Å². The highest BCUT2D eigenvalue weighted by molar-refractivity contribution is 5.75. The summed E-state index contributed by atoms with van der Waals surface area (Å²) in [5.41, 5.74) is -0.974. The predicted molar refractivity (Wildman–Crippen MR) is 124 cm³/mol. The van der Waals surface area contributed by atoms with Crippen LogP contribution in [0.15, 0.2) is 0 Å². The van der Waals surface area contributed by atoms with Gasteiger partial charge in [0.15, 0.2) is 0 Å². The molecule has 0 heterocycles. The quantitative estimate of drug-likeness (QED) is 0.515.